The van der Waals surface area contributed by atoms with Crippen LogP contribution in [0.2, 0.25) is 0 Å². The summed E-state index contributed by atoms with van der Waals surface area (Å²) in [5.41, 5.74) is 2.15. The molecule has 0 radical (unpaired) electrons. The molecule has 1 aliphatic rings. The number of amides is 1. The van der Waals surface area contributed by atoms with Crippen LogP contribution in [0.25, 0.3) is 11.5 Å². The molecule has 28 heavy (non-hydrogen) atoms. The molecule has 2 heterocycles. The zero-order valence-corrected chi connectivity index (χ0v) is 15.7. The summed E-state index contributed by atoms with van der Waals surface area (Å²) in [5.74, 6) is 1.15. The summed E-state index contributed by atoms with van der Waals surface area (Å²) < 4.78 is 5.15. The number of carbonyl (C=O) groups excluding carboxylic acids is 2. The van der Waals surface area contributed by atoms with Gasteiger partial charge in [-0.15, -0.1) is 0 Å². The second-order valence-corrected chi connectivity index (χ2v) is 7.02. The van der Waals surface area contributed by atoms with E-state index < -0.39 is 0 Å². The summed E-state index contributed by atoms with van der Waals surface area (Å²) in [4.78, 5) is 31.4. The summed E-state index contributed by atoms with van der Waals surface area (Å²) in [6.45, 7) is 2.94. The normalized spacial score (nSPS) is 14.8. The fourth-order valence-electron chi connectivity index (χ4n) is 3.54. The molecule has 0 unspecified atom stereocenters. The lowest BCUT2D eigenvalue weighted by atomic mass is 9.88. The number of ketones is 1. The maximum atomic E-state index is 12.8. The number of aryl methyl sites for hydroxylation is 1. The quantitative estimate of drug-likeness (QED) is 0.649. The van der Waals surface area contributed by atoms with Gasteiger partial charge in [0, 0.05) is 35.7 Å². The minimum atomic E-state index is -0.0189. The predicted molar refractivity (Wildman–Crippen MR) is 104 cm³/mol. The van der Waals surface area contributed by atoms with Crippen molar-refractivity contribution in [3.05, 3.63) is 71.5 Å². The average Bonchev–Trinajstić information content (AvgIpc) is 3.20. The van der Waals surface area contributed by atoms with Gasteiger partial charge >= 0.3 is 0 Å². The summed E-state index contributed by atoms with van der Waals surface area (Å²) in [5, 5.41) is 3.78. The molecular weight excluding hydrogens is 354 g/mol. The summed E-state index contributed by atoms with van der Waals surface area (Å²) >= 11 is 0. The lowest BCUT2D eigenvalue weighted by Crippen LogP contribution is -2.40. The fourth-order valence-corrected chi connectivity index (χ4v) is 3.54. The van der Waals surface area contributed by atoms with Gasteiger partial charge in [-0.1, -0.05) is 35.5 Å². The molecule has 0 saturated carbocycles. The number of carbonyl (C=O) groups is 2. The number of aromatic nitrogens is 2. The molecule has 0 atom stereocenters. The molecule has 1 amide bonds. The minimum Gasteiger partial charge on any atom is -0.339 e. The molecule has 0 spiro atoms. The Bertz CT molecular complexity index is 972. The highest BCUT2D eigenvalue weighted by atomic mass is 16.5. The highest BCUT2D eigenvalue weighted by molar-refractivity contribution is 5.98. The Balaban J connectivity index is 1.38. The lowest BCUT2D eigenvalue weighted by Gasteiger charge is -2.31. The molecular formula is C22H21N3O3. The molecule has 6 nitrogen and oxygen atoms in total. The molecule has 0 aliphatic carbocycles. The summed E-state index contributed by atoms with van der Waals surface area (Å²) in [7, 11) is 0. The number of rotatable bonds is 4. The van der Waals surface area contributed by atoms with E-state index >= 15 is 0 Å². The Hall–Kier alpha value is -3.28. The van der Waals surface area contributed by atoms with Crippen molar-refractivity contribution in [2.24, 2.45) is 5.92 Å². The van der Waals surface area contributed by atoms with E-state index in [1.54, 1.807) is 19.1 Å². The number of hydrogen-bond acceptors (Lipinski definition) is 5. The van der Waals surface area contributed by atoms with Crippen LogP contribution < -0.4 is 0 Å². The maximum Gasteiger partial charge on any atom is 0.257 e. The minimum absolute atomic E-state index is 0.0149. The molecule has 3 aromatic rings. The molecule has 1 aromatic heterocycles. The van der Waals surface area contributed by atoms with Gasteiger partial charge < -0.3 is 9.42 Å². The average molecular weight is 375 g/mol. The molecule has 6 heteroatoms. The first-order valence-corrected chi connectivity index (χ1v) is 9.41. The van der Waals surface area contributed by atoms with Crippen molar-refractivity contribution in [3.8, 4) is 11.5 Å². The van der Waals surface area contributed by atoms with Crippen molar-refractivity contribution >= 4 is 11.7 Å². The SMILES string of the molecule is Cc1noc(-c2ccc(C(=O)N3CCC(C(=O)c4ccccc4)CC3)cc2)n1. The van der Waals surface area contributed by atoms with Crippen molar-refractivity contribution in [1.29, 1.82) is 0 Å². The second kappa shape index (κ2) is 7.76. The van der Waals surface area contributed by atoms with Crippen LogP contribution in [0.15, 0.2) is 59.1 Å². The van der Waals surface area contributed by atoms with Crippen molar-refractivity contribution in [1.82, 2.24) is 15.0 Å². The number of piperidine rings is 1. The Morgan fingerprint density at radius 3 is 2.25 bits per heavy atom. The number of hydrogen-bond donors (Lipinski definition) is 0. The van der Waals surface area contributed by atoms with Gasteiger partial charge in [-0.3, -0.25) is 9.59 Å². The van der Waals surface area contributed by atoms with Crippen molar-refractivity contribution in [2.75, 3.05) is 13.1 Å². The van der Waals surface area contributed by atoms with Gasteiger partial charge in [0.15, 0.2) is 11.6 Å². The van der Waals surface area contributed by atoms with E-state index in [2.05, 4.69) is 10.1 Å². The molecule has 1 saturated heterocycles. The number of nitrogens with zero attached hydrogens (tertiary/aromatic N) is 3. The summed E-state index contributed by atoms with van der Waals surface area (Å²) in [6, 6.07) is 16.5. The monoisotopic (exact) mass is 375 g/mol. The number of Topliss-reactive ketones (excluding diaryl/α,β-unsaturated/α-hetero) is 1. The second-order valence-electron chi connectivity index (χ2n) is 7.02. The van der Waals surface area contributed by atoms with Crippen LogP contribution in [0.5, 0.6) is 0 Å². The highest BCUT2D eigenvalue weighted by Gasteiger charge is 2.28. The highest BCUT2D eigenvalue weighted by Crippen LogP contribution is 2.24. The van der Waals surface area contributed by atoms with Crippen LogP contribution >= 0.6 is 0 Å². The smallest absolute Gasteiger partial charge is 0.257 e. The van der Waals surface area contributed by atoms with Gasteiger partial charge in [0.2, 0.25) is 0 Å². The topological polar surface area (TPSA) is 76.3 Å². The van der Waals surface area contributed by atoms with Crippen molar-refractivity contribution in [3.63, 3.8) is 0 Å². The van der Waals surface area contributed by atoms with Crippen LogP contribution in [-0.2, 0) is 0 Å². The third kappa shape index (κ3) is 3.71. The van der Waals surface area contributed by atoms with E-state index in [4.69, 9.17) is 4.52 Å². The van der Waals surface area contributed by atoms with E-state index in [1.165, 1.54) is 0 Å². The standard InChI is InChI=1S/C22H21N3O3/c1-15-23-21(28-24-15)18-7-9-19(10-8-18)22(27)25-13-11-17(12-14-25)20(26)16-5-3-2-4-6-16/h2-10,17H,11-14H2,1H3. The first-order valence-electron chi connectivity index (χ1n) is 9.41. The Labute approximate surface area is 163 Å². The third-order valence-electron chi connectivity index (χ3n) is 5.12. The molecule has 1 fully saturated rings. The van der Waals surface area contributed by atoms with Gasteiger partial charge in [0.25, 0.3) is 11.8 Å². The van der Waals surface area contributed by atoms with E-state index in [1.807, 2.05) is 47.4 Å². The van der Waals surface area contributed by atoms with Gasteiger partial charge in [-0.2, -0.15) is 4.98 Å². The van der Waals surface area contributed by atoms with Crippen LogP contribution in [-0.4, -0.2) is 39.8 Å². The van der Waals surface area contributed by atoms with E-state index in [-0.39, 0.29) is 17.6 Å². The summed E-state index contributed by atoms with van der Waals surface area (Å²) in [6.07, 6.45) is 1.39. The van der Waals surface area contributed by atoms with Gasteiger partial charge in [-0.25, -0.2) is 0 Å². The fraction of sp³-hybridized carbons (Fsp3) is 0.273. The molecule has 4 rings (SSSR count). The van der Waals surface area contributed by atoms with Gasteiger partial charge in [0.1, 0.15) is 0 Å². The van der Waals surface area contributed by atoms with Crippen molar-refractivity contribution in [2.45, 2.75) is 19.8 Å². The largest absolute Gasteiger partial charge is 0.339 e. The maximum absolute atomic E-state index is 12.8. The molecule has 1 aliphatic heterocycles. The number of likely N-dealkylation sites (tertiary alicyclic amines) is 1. The van der Waals surface area contributed by atoms with E-state index in [9.17, 15) is 9.59 Å². The van der Waals surface area contributed by atoms with Gasteiger partial charge in [-0.05, 0) is 44.0 Å². The molecule has 142 valence electrons. The molecule has 0 N–H and O–H groups in total. The van der Waals surface area contributed by atoms with E-state index in [0.717, 1.165) is 11.1 Å². The predicted octanol–water partition coefficient (Wildman–Crippen LogP) is 3.78. The molecule has 2 aromatic carbocycles. The first-order chi connectivity index (χ1) is 13.6. The Morgan fingerprint density at radius 1 is 0.964 bits per heavy atom. The Morgan fingerprint density at radius 2 is 1.64 bits per heavy atom. The van der Waals surface area contributed by atoms with Crippen LogP contribution in [0.4, 0.5) is 0 Å². The zero-order chi connectivity index (χ0) is 19.5. The van der Waals surface area contributed by atoms with E-state index in [0.29, 0.717) is 43.2 Å². The van der Waals surface area contributed by atoms with Crippen LogP contribution in [0, 0.1) is 12.8 Å². The van der Waals surface area contributed by atoms with Crippen molar-refractivity contribution < 1.29 is 14.1 Å². The molecule has 0 bridgehead atoms. The zero-order valence-electron chi connectivity index (χ0n) is 15.7. The Kier molecular flexibility index (Phi) is 5.02. The van der Waals surface area contributed by atoms with Crippen LogP contribution in [0.3, 0.4) is 0 Å². The number of benzene rings is 2. The third-order valence-corrected chi connectivity index (χ3v) is 5.12. The van der Waals surface area contributed by atoms with Gasteiger partial charge in [0.05, 0.1) is 0 Å². The lowest BCUT2D eigenvalue weighted by molar-refractivity contribution is 0.0650. The van der Waals surface area contributed by atoms with Crippen LogP contribution in [0.1, 0.15) is 39.4 Å². The first kappa shape index (κ1) is 18.1.